The van der Waals surface area contributed by atoms with Gasteiger partial charge < -0.3 is 15.4 Å². The maximum Gasteiger partial charge on any atom is 0.315 e. The average molecular weight is 279 g/mol. The molecule has 1 saturated carbocycles. The van der Waals surface area contributed by atoms with E-state index < -0.39 is 4.92 Å². The lowest BCUT2D eigenvalue weighted by Crippen LogP contribution is -2.39. The zero-order valence-corrected chi connectivity index (χ0v) is 11.2. The van der Waals surface area contributed by atoms with Crippen LogP contribution in [0.15, 0.2) is 24.3 Å². The molecule has 0 heterocycles. The maximum absolute atomic E-state index is 11.4. The Kier molecular flexibility index (Phi) is 4.39. The van der Waals surface area contributed by atoms with Gasteiger partial charge >= 0.3 is 6.03 Å². The summed E-state index contributed by atoms with van der Waals surface area (Å²) in [4.78, 5) is 21.4. The molecular weight excluding hydrogens is 262 g/mol. The van der Waals surface area contributed by atoms with Gasteiger partial charge in [0, 0.05) is 18.2 Å². The number of ether oxygens (including phenoxy) is 1. The summed E-state index contributed by atoms with van der Waals surface area (Å²) < 4.78 is 5.37. The number of carbonyl (C=O) groups excluding carboxylic acids is 1. The molecule has 0 radical (unpaired) electrons. The number of rotatable bonds is 6. The molecule has 2 amide bonds. The van der Waals surface area contributed by atoms with Crippen molar-refractivity contribution in [3.63, 3.8) is 0 Å². The Morgan fingerprint density at radius 1 is 1.45 bits per heavy atom. The molecule has 0 aliphatic heterocycles. The third kappa shape index (κ3) is 4.11. The van der Waals surface area contributed by atoms with Crippen LogP contribution in [0.4, 0.5) is 10.5 Å². The van der Waals surface area contributed by atoms with E-state index in [2.05, 4.69) is 17.6 Å². The van der Waals surface area contributed by atoms with Gasteiger partial charge in [0.1, 0.15) is 12.4 Å². The Morgan fingerprint density at radius 3 is 2.65 bits per heavy atom. The van der Waals surface area contributed by atoms with Gasteiger partial charge in [0.25, 0.3) is 5.69 Å². The van der Waals surface area contributed by atoms with Crippen LogP contribution >= 0.6 is 0 Å². The fourth-order valence-corrected chi connectivity index (χ4v) is 1.74. The first kappa shape index (κ1) is 14.1. The zero-order chi connectivity index (χ0) is 14.5. The van der Waals surface area contributed by atoms with Gasteiger partial charge in [-0.15, -0.1) is 0 Å². The second kappa shape index (κ2) is 6.23. The lowest BCUT2D eigenvalue weighted by molar-refractivity contribution is -0.384. The van der Waals surface area contributed by atoms with Gasteiger partial charge in [-0.1, -0.05) is 6.92 Å². The summed E-state index contributed by atoms with van der Waals surface area (Å²) in [5.41, 5.74) is 0.0217. The van der Waals surface area contributed by atoms with Gasteiger partial charge in [-0.3, -0.25) is 10.1 Å². The highest BCUT2D eigenvalue weighted by molar-refractivity contribution is 5.74. The fourth-order valence-electron chi connectivity index (χ4n) is 1.74. The Morgan fingerprint density at radius 2 is 2.10 bits per heavy atom. The highest BCUT2D eigenvalue weighted by Crippen LogP contribution is 2.28. The molecule has 1 aliphatic carbocycles. The molecule has 0 saturated heterocycles. The summed E-state index contributed by atoms with van der Waals surface area (Å²) in [7, 11) is 0. The van der Waals surface area contributed by atoms with E-state index in [1.54, 1.807) is 0 Å². The monoisotopic (exact) mass is 279 g/mol. The molecule has 108 valence electrons. The zero-order valence-electron chi connectivity index (χ0n) is 11.2. The minimum absolute atomic E-state index is 0.0217. The quantitative estimate of drug-likeness (QED) is 0.470. The second-order valence-electron chi connectivity index (χ2n) is 4.82. The van der Waals surface area contributed by atoms with E-state index in [0.717, 1.165) is 6.42 Å². The number of amides is 2. The molecule has 1 aliphatic rings. The molecule has 2 rings (SSSR count). The van der Waals surface area contributed by atoms with Crippen molar-refractivity contribution >= 4 is 11.7 Å². The number of nitrogens with zero attached hydrogens (tertiary/aromatic N) is 1. The topological polar surface area (TPSA) is 93.5 Å². The van der Waals surface area contributed by atoms with Crippen molar-refractivity contribution in [2.75, 3.05) is 13.2 Å². The molecule has 0 spiro atoms. The molecule has 0 aromatic heterocycles. The summed E-state index contributed by atoms with van der Waals surface area (Å²) in [5.74, 6) is 1.10. The maximum atomic E-state index is 11.4. The van der Waals surface area contributed by atoms with Crippen LogP contribution in [0.3, 0.4) is 0 Å². The molecule has 1 aromatic rings. The van der Waals surface area contributed by atoms with Crippen molar-refractivity contribution in [2.45, 2.75) is 19.4 Å². The van der Waals surface area contributed by atoms with Crippen LogP contribution in [-0.4, -0.2) is 30.1 Å². The Hall–Kier alpha value is -2.31. The number of hydrogen-bond donors (Lipinski definition) is 2. The number of urea groups is 1. The summed E-state index contributed by atoms with van der Waals surface area (Å²) in [6.07, 6.45) is 1.03. The van der Waals surface area contributed by atoms with E-state index in [-0.39, 0.29) is 11.7 Å². The third-order valence-electron chi connectivity index (χ3n) is 3.13. The standard InChI is InChI=1S/C13H17N3O4/c1-9-8-12(9)15-13(17)14-6-7-20-11-4-2-10(3-5-11)16(18)19/h2-5,9,12H,6-8H2,1H3,(H2,14,15,17)/t9-,12-/m0/s1. The molecule has 20 heavy (non-hydrogen) atoms. The predicted octanol–water partition coefficient (Wildman–Crippen LogP) is 1.68. The number of nitro groups is 1. The number of benzene rings is 1. The van der Waals surface area contributed by atoms with Gasteiger partial charge in [-0.05, 0) is 24.5 Å². The molecule has 7 heteroatoms. The minimum atomic E-state index is -0.464. The van der Waals surface area contributed by atoms with Crippen molar-refractivity contribution in [1.82, 2.24) is 10.6 Å². The Bertz CT molecular complexity index is 489. The van der Waals surface area contributed by atoms with Crippen LogP contribution in [0.2, 0.25) is 0 Å². The van der Waals surface area contributed by atoms with Crippen LogP contribution in [0, 0.1) is 16.0 Å². The molecule has 7 nitrogen and oxygen atoms in total. The van der Waals surface area contributed by atoms with Crippen LogP contribution in [0.25, 0.3) is 0 Å². The molecule has 2 N–H and O–H groups in total. The second-order valence-corrected chi connectivity index (χ2v) is 4.82. The molecular formula is C13H17N3O4. The molecule has 1 fully saturated rings. The van der Waals surface area contributed by atoms with E-state index in [1.807, 2.05) is 0 Å². The first-order chi connectivity index (χ1) is 9.56. The lowest BCUT2D eigenvalue weighted by Gasteiger charge is -2.08. The highest BCUT2D eigenvalue weighted by Gasteiger charge is 2.33. The Labute approximate surface area is 116 Å². The van der Waals surface area contributed by atoms with Gasteiger partial charge in [0.05, 0.1) is 11.5 Å². The van der Waals surface area contributed by atoms with E-state index in [4.69, 9.17) is 4.74 Å². The van der Waals surface area contributed by atoms with Crippen LogP contribution in [0.1, 0.15) is 13.3 Å². The third-order valence-corrected chi connectivity index (χ3v) is 3.13. The van der Waals surface area contributed by atoms with Crippen molar-refractivity contribution < 1.29 is 14.5 Å². The largest absolute Gasteiger partial charge is 0.492 e. The van der Waals surface area contributed by atoms with Gasteiger partial charge in [0.2, 0.25) is 0 Å². The smallest absolute Gasteiger partial charge is 0.315 e. The lowest BCUT2D eigenvalue weighted by atomic mass is 10.3. The fraction of sp³-hybridized carbons (Fsp3) is 0.462. The van der Waals surface area contributed by atoms with Gasteiger partial charge in [-0.2, -0.15) is 0 Å². The first-order valence-corrected chi connectivity index (χ1v) is 6.48. The summed E-state index contributed by atoms with van der Waals surface area (Å²) >= 11 is 0. The molecule has 0 unspecified atom stereocenters. The van der Waals surface area contributed by atoms with Crippen LogP contribution < -0.4 is 15.4 Å². The van der Waals surface area contributed by atoms with E-state index in [9.17, 15) is 14.9 Å². The highest BCUT2D eigenvalue weighted by atomic mass is 16.6. The normalized spacial score (nSPS) is 20.1. The van der Waals surface area contributed by atoms with Crippen molar-refractivity contribution in [3.05, 3.63) is 34.4 Å². The molecule has 1 aromatic carbocycles. The average Bonchev–Trinajstić information content (AvgIpc) is 3.10. The number of nitro benzene ring substituents is 1. The summed E-state index contributed by atoms with van der Waals surface area (Å²) in [5, 5.41) is 16.0. The van der Waals surface area contributed by atoms with E-state index >= 15 is 0 Å². The van der Waals surface area contributed by atoms with Crippen molar-refractivity contribution in [3.8, 4) is 5.75 Å². The first-order valence-electron chi connectivity index (χ1n) is 6.48. The summed E-state index contributed by atoms with van der Waals surface area (Å²) in [6.45, 7) is 2.78. The number of nitrogens with one attached hydrogen (secondary N) is 2. The van der Waals surface area contributed by atoms with Crippen LogP contribution in [0.5, 0.6) is 5.75 Å². The van der Waals surface area contributed by atoms with Crippen molar-refractivity contribution in [1.29, 1.82) is 0 Å². The van der Waals surface area contributed by atoms with E-state index in [1.165, 1.54) is 24.3 Å². The molecule has 0 bridgehead atoms. The number of hydrogen-bond acceptors (Lipinski definition) is 4. The van der Waals surface area contributed by atoms with E-state index in [0.29, 0.717) is 30.9 Å². The van der Waals surface area contributed by atoms with Crippen molar-refractivity contribution in [2.24, 2.45) is 5.92 Å². The molecule has 2 atom stereocenters. The number of non-ortho nitro benzene ring substituents is 1. The van der Waals surface area contributed by atoms with Gasteiger partial charge in [0.15, 0.2) is 0 Å². The van der Waals surface area contributed by atoms with Gasteiger partial charge in [-0.25, -0.2) is 4.79 Å². The predicted molar refractivity (Wildman–Crippen MR) is 72.7 cm³/mol. The summed E-state index contributed by atoms with van der Waals surface area (Å²) in [6, 6.07) is 5.93. The van der Waals surface area contributed by atoms with Crippen LogP contribution in [-0.2, 0) is 0 Å². The minimum Gasteiger partial charge on any atom is -0.492 e. The Balaban J connectivity index is 1.62. The number of carbonyl (C=O) groups is 1. The SMILES string of the molecule is C[C@H]1C[C@@H]1NC(=O)NCCOc1ccc([N+](=O)[O-])cc1.